The number of aromatic nitrogens is 4. The van der Waals surface area contributed by atoms with Gasteiger partial charge in [0.2, 0.25) is 4.96 Å². The topological polar surface area (TPSA) is 69.1 Å². The molecule has 4 rings (SSSR count). The van der Waals surface area contributed by atoms with Crippen LogP contribution in [-0.4, -0.2) is 19.8 Å². The lowest BCUT2D eigenvalue weighted by Crippen LogP contribution is -2.01. The van der Waals surface area contributed by atoms with E-state index < -0.39 is 0 Å². The summed E-state index contributed by atoms with van der Waals surface area (Å²) in [5, 5.41) is 14.4. The Morgan fingerprint density at radius 1 is 1.24 bits per heavy atom. The normalized spacial score (nSPS) is 16.0. The van der Waals surface area contributed by atoms with Crippen LogP contribution in [0.1, 0.15) is 43.0 Å². The fraction of sp³-hybridized carbons (Fsp3) is 0.400. The van der Waals surface area contributed by atoms with Gasteiger partial charge in [-0.25, -0.2) is 0 Å². The molecule has 1 aliphatic carbocycles. The molecule has 3 aromatic rings. The molecule has 2 N–H and O–H groups in total. The summed E-state index contributed by atoms with van der Waals surface area (Å²) in [6.45, 7) is 2.06. The minimum absolute atomic E-state index is 0.516. The van der Waals surface area contributed by atoms with Gasteiger partial charge in [-0.1, -0.05) is 24.2 Å². The zero-order valence-corrected chi connectivity index (χ0v) is 12.7. The second kappa shape index (κ2) is 4.80. The lowest BCUT2D eigenvalue weighted by Gasteiger charge is -2.04. The number of benzene rings is 1. The third-order valence-corrected chi connectivity index (χ3v) is 5.15. The van der Waals surface area contributed by atoms with Gasteiger partial charge in [-0.15, -0.1) is 10.2 Å². The van der Waals surface area contributed by atoms with Gasteiger partial charge < -0.3 is 5.73 Å². The van der Waals surface area contributed by atoms with E-state index in [4.69, 9.17) is 10.8 Å². The second-order valence-electron chi connectivity index (χ2n) is 5.72. The summed E-state index contributed by atoms with van der Waals surface area (Å²) in [6.07, 6.45) is 4.98. The van der Waals surface area contributed by atoms with Crippen molar-refractivity contribution in [2.24, 2.45) is 0 Å². The van der Waals surface area contributed by atoms with Crippen LogP contribution >= 0.6 is 11.3 Å². The minimum Gasteiger partial charge on any atom is -0.399 e. The largest absolute Gasteiger partial charge is 0.399 e. The number of anilines is 1. The molecule has 0 amide bonds. The quantitative estimate of drug-likeness (QED) is 0.736. The SMILES string of the molecule is Cc1cc(N)ccc1-c1nn2c(C3CCCC3)nnc2s1. The molecule has 108 valence electrons. The van der Waals surface area contributed by atoms with Crippen molar-refractivity contribution in [3.05, 3.63) is 29.6 Å². The van der Waals surface area contributed by atoms with Crippen LogP contribution in [-0.2, 0) is 0 Å². The van der Waals surface area contributed by atoms with Crippen molar-refractivity contribution in [2.75, 3.05) is 5.73 Å². The summed E-state index contributed by atoms with van der Waals surface area (Å²) < 4.78 is 1.94. The number of nitrogen functional groups attached to an aromatic ring is 1. The molecule has 6 heteroatoms. The van der Waals surface area contributed by atoms with Crippen molar-refractivity contribution in [3.63, 3.8) is 0 Å². The highest BCUT2D eigenvalue weighted by Crippen LogP contribution is 2.35. The van der Waals surface area contributed by atoms with Crippen LogP contribution in [0.2, 0.25) is 0 Å². The van der Waals surface area contributed by atoms with Crippen molar-refractivity contribution >= 4 is 22.0 Å². The zero-order chi connectivity index (χ0) is 14.4. The molecule has 0 aliphatic heterocycles. The van der Waals surface area contributed by atoms with Crippen LogP contribution in [0.25, 0.3) is 15.5 Å². The lowest BCUT2D eigenvalue weighted by molar-refractivity contribution is 0.641. The Bertz CT molecular complexity index is 798. The lowest BCUT2D eigenvalue weighted by atomic mass is 10.1. The highest BCUT2D eigenvalue weighted by atomic mass is 32.1. The first kappa shape index (κ1) is 12.8. The van der Waals surface area contributed by atoms with Gasteiger partial charge in [-0.2, -0.15) is 9.61 Å². The number of rotatable bonds is 2. The maximum Gasteiger partial charge on any atom is 0.234 e. The van der Waals surface area contributed by atoms with Crippen LogP contribution in [0, 0.1) is 6.92 Å². The average Bonchev–Trinajstić information content (AvgIpc) is 3.13. The van der Waals surface area contributed by atoms with E-state index in [0.29, 0.717) is 5.92 Å². The van der Waals surface area contributed by atoms with E-state index in [1.54, 1.807) is 11.3 Å². The smallest absolute Gasteiger partial charge is 0.234 e. The van der Waals surface area contributed by atoms with Crippen molar-refractivity contribution in [2.45, 2.75) is 38.5 Å². The van der Waals surface area contributed by atoms with Crippen molar-refractivity contribution < 1.29 is 0 Å². The first-order valence-corrected chi connectivity index (χ1v) is 8.12. The number of nitrogens with zero attached hydrogens (tertiary/aromatic N) is 4. The van der Waals surface area contributed by atoms with Gasteiger partial charge in [0.25, 0.3) is 0 Å². The summed E-state index contributed by atoms with van der Waals surface area (Å²) >= 11 is 1.59. The van der Waals surface area contributed by atoms with Gasteiger partial charge in [-0.3, -0.25) is 0 Å². The third kappa shape index (κ3) is 2.10. The highest BCUT2D eigenvalue weighted by molar-refractivity contribution is 7.19. The minimum atomic E-state index is 0.516. The van der Waals surface area contributed by atoms with Gasteiger partial charge in [-0.05, 0) is 43.5 Å². The predicted molar refractivity (Wildman–Crippen MR) is 84.5 cm³/mol. The molecule has 21 heavy (non-hydrogen) atoms. The first-order valence-electron chi connectivity index (χ1n) is 7.31. The van der Waals surface area contributed by atoms with Crippen LogP contribution in [0.3, 0.4) is 0 Å². The van der Waals surface area contributed by atoms with E-state index in [9.17, 15) is 0 Å². The fourth-order valence-corrected chi connectivity index (χ4v) is 4.04. The second-order valence-corrected chi connectivity index (χ2v) is 6.67. The third-order valence-electron chi connectivity index (χ3n) is 4.22. The Hall–Kier alpha value is -1.95. The molecule has 0 bridgehead atoms. The predicted octanol–water partition coefficient (Wildman–Crippen LogP) is 3.40. The van der Waals surface area contributed by atoms with E-state index in [1.807, 2.05) is 22.7 Å². The molecule has 0 unspecified atom stereocenters. The molecule has 1 aromatic carbocycles. The van der Waals surface area contributed by atoms with E-state index in [2.05, 4.69) is 17.1 Å². The Morgan fingerprint density at radius 2 is 2.05 bits per heavy atom. The summed E-state index contributed by atoms with van der Waals surface area (Å²) in [5.41, 5.74) is 8.87. The molecule has 0 atom stereocenters. The number of hydrogen-bond donors (Lipinski definition) is 1. The van der Waals surface area contributed by atoms with E-state index >= 15 is 0 Å². The standard InChI is InChI=1S/C15H17N5S/c1-9-8-11(16)6-7-12(9)14-19-20-13(10-4-2-3-5-10)17-18-15(20)21-14/h6-8,10H,2-5,16H2,1H3. The maximum atomic E-state index is 5.82. The van der Waals surface area contributed by atoms with Crippen LogP contribution in [0.15, 0.2) is 18.2 Å². The summed E-state index contributed by atoms with van der Waals surface area (Å²) in [7, 11) is 0. The molecule has 0 saturated heterocycles. The summed E-state index contributed by atoms with van der Waals surface area (Å²) in [6, 6.07) is 5.93. The van der Waals surface area contributed by atoms with Gasteiger partial charge in [0.1, 0.15) is 5.01 Å². The van der Waals surface area contributed by atoms with Gasteiger partial charge in [0.15, 0.2) is 5.82 Å². The number of nitrogens with two attached hydrogens (primary N) is 1. The molecule has 5 nitrogen and oxygen atoms in total. The maximum absolute atomic E-state index is 5.82. The Kier molecular flexibility index (Phi) is 2.92. The first-order chi connectivity index (χ1) is 10.2. The number of aryl methyl sites for hydroxylation is 1. The van der Waals surface area contributed by atoms with Gasteiger partial charge in [0.05, 0.1) is 0 Å². The van der Waals surface area contributed by atoms with E-state index in [-0.39, 0.29) is 0 Å². The average molecular weight is 299 g/mol. The molecule has 1 fully saturated rings. The molecular weight excluding hydrogens is 282 g/mol. The summed E-state index contributed by atoms with van der Waals surface area (Å²) in [5.74, 6) is 1.54. The number of hydrogen-bond acceptors (Lipinski definition) is 5. The van der Waals surface area contributed by atoms with Crippen LogP contribution < -0.4 is 5.73 Å². The molecule has 2 heterocycles. The Labute approximate surface area is 126 Å². The Balaban J connectivity index is 1.80. The van der Waals surface area contributed by atoms with Crippen LogP contribution in [0.5, 0.6) is 0 Å². The van der Waals surface area contributed by atoms with Crippen molar-refractivity contribution in [1.82, 2.24) is 19.8 Å². The number of fused-ring (bicyclic) bond motifs is 1. The molecule has 2 aromatic heterocycles. The monoisotopic (exact) mass is 299 g/mol. The van der Waals surface area contributed by atoms with Crippen molar-refractivity contribution in [3.8, 4) is 10.6 Å². The zero-order valence-electron chi connectivity index (χ0n) is 11.9. The fourth-order valence-electron chi connectivity index (χ4n) is 3.11. The molecule has 1 aliphatic rings. The van der Waals surface area contributed by atoms with E-state index in [1.165, 1.54) is 25.7 Å². The van der Waals surface area contributed by atoms with Gasteiger partial charge in [0, 0.05) is 17.2 Å². The molecule has 0 spiro atoms. The Morgan fingerprint density at radius 3 is 2.81 bits per heavy atom. The van der Waals surface area contributed by atoms with Crippen molar-refractivity contribution in [1.29, 1.82) is 0 Å². The van der Waals surface area contributed by atoms with Gasteiger partial charge >= 0.3 is 0 Å². The van der Waals surface area contributed by atoms with E-state index in [0.717, 1.165) is 32.6 Å². The van der Waals surface area contributed by atoms with Crippen LogP contribution in [0.4, 0.5) is 5.69 Å². The highest BCUT2D eigenvalue weighted by Gasteiger charge is 2.24. The molecule has 1 saturated carbocycles. The molecular formula is C15H17N5S. The summed E-state index contributed by atoms with van der Waals surface area (Å²) in [4.78, 5) is 0.878. The molecule has 0 radical (unpaired) electrons.